The summed E-state index contributed by atoms with van der Waals surface area (Å²) in [5, 5.41) is 3.07. The number of nitrogens with one attached hydrogen (secondary N) is 2. The monoisotopic (exact) mass is 353 g/mol. The van der Waals surface area contributed by atoms with Crippen molar-refractivity contribution in [3.05, 3.63) is 59.4 Å². The van der Waals surface area contributed by atoms with Crippen LogP contribution in [0.25, 0.3) is 0 Å². The molecule has 0 aliphatic heterocycles. The highest BCUT2D eigenvalue weighted by Crippen LogP contribution is 2.14. The Morgan fingerprint density at radius 2 is 1.91 bits per heavy atom. The first kappa shape index (κ1) is 17.4. The van der Waals surface area contributed by atoms with Gasteiger partial charge in [-0.25, -0.2) is 8.42 Å². The van der Waals surface area contributed by atoms with E-state index in [0.717, 1.165) is 0 Å². The predicted octanol–water partition coefficient (Wildman–Crippen LogP) is 1.72. The number of nitrogens with zero attached hydrogens (tertiary/aromatic N) is 1. The van der Waals surface area contributed by atoms with Gasteiger partial charge in [-0.05, 0) is 43.3 Å². The molecular weight excluding hydrogens is 338 g/mol. The molecule has 0 saturated heterocycles. The first-order chi connectivity index (χ1) is 10.9. The van der Waals surface area contributed by atoms with E-state index >= 15 is 0 Å². The quantitative estimate of drug-likeness (QED) is 0.827. The van der Waals surface area contributed by atoms with Crippen LogP contribution in [0.2, 0.25) is 5.02 Å². The number of aromatic nitrogens is 1. The Balaban J connectivity index is 1.96. The molecule has 1 amide bonds. The van der Waals surface area contributed by atoms with Crippen molar-refractivity contribution in [3.8, 4) is 0 Å². The maximum absolute atomic E-state index is 12.2. The molecule has 0 aliphatic rings. The number of amides is 1. The number of carbonyl (C=O) groups excluding carboxylic acids is 1. The van der Waals surface area contributed by atoms with Gasteiger partial charge in [-0.1, -0.05) is 17.7 Å². The van der Waals surface area contributed by atoms with Crippen LogP contribution in [-0.2, 0) is 21.4 Å². The van der Waals surface area contributed by atoms with Crippen molar-refractivity contribution < 1.29 is 13.2 Å². The molecule has 23 heavy (non-hydrogen) atoms. The molecule has 0 aliphatic carbocycles. The van der Waals surface area contributed by atoms with Crippen molar-refractivity contribution in [2.24, 2.45) is 0 Å². The van der Waals surface area contributed by atoms with Crippen molar-refractivity contribution in [1.29, 1.82) is 0 Å². The van der Waals surface area contributed by atoms with Crippen LogP contribution in [0, 0.1) is 0 Å². The summed E-state index contributed by atoms with van der Waals surface area (Å²) < 4.78 is 26.7. The Morgan fingerprint density at radius 1 is 1.22 bits per heavy atom. The van der Waals surface area contributed by atoms with Crippen molar-refractivity contribution in [3.63, 3.8) is 0 Å². The summed E-state index contributed by atoms with van der Waals surface area (Å²) in [5.41, 5.74) is 0.689. The topological polar surface area (TPSA) is 88.2 Å². The van der Waals surface area contributed by atoms with Crippen molar-refractivity contribution >= 4 is 27.5 Å². The zero-order chi connectivity index (χ0) is 16.9. The molecule has 0 saturated carbocycles. The number of sulfonamides is 1. The standard InChI is InChI=1S/C15H16ClN3O3S/c1-11(15(20)18-10-13-4-2-3-9-17-13)19-23(21,22)14-7-5-12(16)6-8-14/h2-9,11,19H,10H2,1H3,(H,18,20)/t11-/m1/s1. The van der Waals surface area contributed by atoms with Gasteiger partial charge >= 0.3 is 0 Å². The molecule has 2 rings (SSSR count). The van der Waals surface area contributed by atoms with E-state index in [-0.39, 0.29) is 11.4 Å². The summed E-state index contributed by atoms with van der Waals surface area (Å²) in [6.07, 6.45) is 1.62. The van der Waals surface area contributed by atoms with E-state index in [4.69, 9.17) is 11.6 Å². The lowest BCUT2D eigenvalue weighted by molar-refractivity contribution is -0.122. The van der Waals surface area contributed by atoms with Crippen LogP contribution in [0.5, 0.6) is 0 Å². The van der Waals surface area contributed by atoms with Crippen LogP contribution < -0.4 is 10.0 Å². The Hall–Kier alpha value is -1.96. The molecule has 0 spiro atoms. The summed E-state index contributed by atoms with van der Waals surface area (Å²) >= 11 is 5.73. The van der Waals surface area contributed by atoms with E-state index in [2.05, 4.69) is 15.0 Å². The number of benzene rings is 1. The summed E-state index contributed by atoms with van der Waals surface area (Å²) in [6.45, 7) is 1.70. The second kappa shape index (κ2) is 7.54. The second-order valence-corrected chi connectivity index (χ2v) is 6.99. The number of hydrogen-bond donors (Lipinski definition) is 2. The summed E-state index contributed by atoms with van der Waals surface area (Å²) in [7, 11) is -3.79. The maximum Gasteiger partial charge on any atom is 0.241 e. The molecule has 2 N–H and O–H groups in total. The van der Waals surface area contributed by atoms with Gasteiger partial charge in [0.1, 0.15) is 0 Å². The third-order valence-corrected chi connectivity index (χ3v) is 4.83. The number of rotatable bonds is 6. The number of hydrogen-bond acceptors (Lipinski definition) is 4. The number of halogens is 1. The van der Waals surface area contributed by atoms with Crippen LogP contribution in [0.4, 0.5) is 0 Å². The fraction of sp³-hybridized carbons (Fsp3) is 0.200. The smallest absolute Gasteiger partial charge is 0.241 e. The highest BCUT2D eigenvalue weighted by molar-refractivity contribution is 7.89. The zero-order valence-corrected chi connectivity index (χ0v) is 13.9. The lowest BCUT2D eigenvalue weighted by Crippen LogP contribution is -2.44. The van der Waals surface area contributed by atoms with E-state index in [1.165, 1.54) is 31.2 Å². The van der Waals surface area contributed by atoms with Gasteiger partial charge < -0.3 is 5.32 Å². The minimum atomic E-state index is -3.79. The van der Waals surface area contributed by atoms with Gasteiger partial charge in [-0.15, -0.1) is 0 Å². The molecule has 1 aromatic carbocycles. The fourth-order valence-electron chi connectivity index (χ4n) is 1.80. The average molecular weight is 354 g/mol. The Kier molecular flexibility index (Phi) is 5.70. The Labute approximate surface area is 139 Å². The maximum atomic E-state index is 12.2. The molecule has 0 unspecified atom stereocenters. The van der Waals surface area contributed by atoms with Gasteiger partial charge in [0.2, 0.25) is 15.9 Å². The largest absolute Gasteiger partial charge is 0.349 e. The van der Waals surface area contributed by atoms with E-state index in [1.54, 1.807) is 24.4 Å². The van der Waals surface area contributed by atoms with Crippen molar-refractivity contribution in [2.45, 2.75) is 24.4 Å². The summed E-state index contributed by atoms with van der Waals surface area (Å²) in [6, 6.07) is 10.1. The van der Waals surface area contributed by atoms with Gasteiger partial charge in [-0.3, -0.25) is 9.78 Å². The zero-order valence-electron chi connectivity index (χ0n) is 12.4. The van der Waals surface area contributed by atoms with Crippen LogP contribution in [0.15, 0.2) is 53.6 Å². The fourth-order valence-corrected chi connectivity index (χ4v) is 3.13. The second-order valence-electron chi connectivity index (χ2n) is 4.84. The third kappa shape index (κ3) is 5.02. The number of pyridine rings is 1. The lowest BCUT2D eigenvalue weighted by Gasteiger charge is -2.14. The van der Waals surface area contributed by atoms with Crippen LogP contribution in [0.3, 0.4) is 0 Å². The molecule has 122 valence electrons. The van der Waals surface area contributed by atoms with Gasteiger partial charge in [0.05, 0.1) is 23.2 Å². The lowest BCUT2D eigenvalue weighted by atomic mass is 10.3. The predicted molar refractivity (Wildman–Crippen MR) is 87.3 cm³/mol. The number of carbonyl (C=O) groups is 1. The van der Waals surface area contributed by atoms with Gasteiger partial charge in [0.15, 0.2) is 0 Å². The molecule has 0 fully saturated rings. The van der Waals surface area contributed by atoms with E-state index in [1.807, 2.05) is 0 Å². The molecule has 8 heteroatoms. The van der Waals surface area contributed by atoms with E-state index in [9.17, 15) is 13.2 Å². The highest BCUT2D eigenvalue weighted by Gasteiger charge is 2.21. The Bertz CT molecular complexity index is 764. The van der Waals surface area contributed by atoms with Crippen molar-refractivity contribution in [2.75, 3.05) is 0 Å². The summed E-state index contributed by atoms with van der Waals surface area (Å²) in [5.74, 6) is -0.437. The average Bonchev–Trinajstić information content (AvgIpc) is 2.53. The molecule has 2 aromatic rings. The molecule has 1 heterocycles. The summed E-state index contributed by atoms with van der Waals surface area (Å²) in [4.78, 5) is 16.1. The highest BCUT2D eigenvalue weighted by atomic mass is 35.5. The SMILES string of the molecule is C[C@@H](NS(=O)(=O)c1ccc(Cl)cc1)C(=O)NCc1ccccn1. The molecule has 0 bridgehead atoms. The van der Waals surface area contributed by atoms with E-state index < -0.39 is 22.0 Å². The Morgan fingerprint density at radius 3 is 2.52 bits per heavy atom. The van der Waals surface area contributed by atoms with E-state index in [0.29, 0.717) is 10.7 Å². The minimum absolute atomic E-state index is 0.0475. The van der Waals surface area contributed by atoms with Crippen LogP contribution in [-0.4, -0.2) is 25.4 Å². The van der Waals surface area contributed by atoms with Crippen LogP contribution >= 0.6 is 11.6 Å². The first-order valence-electron chi connectivity index (χ1n) is 6.84. The molecule has 6 nitrogen and oxygen atoms in total. The first-order valence-corrected chi connectivity index (χ1v) is 8.70. The van der Waals surface area contributed by atoms with Crippen LogP contribution in [0.1, 0.15) is 12.6 Å². The van der Waals surface area contributed by atoms with Crippen molar-refractivity contribution in [1.82, 2.24) is 15.0 Å². The molecule has 1 aromatic heterocycles. The molecule has 0 radical (unpaired) electrons. The minimum Gasteiger partial charge on any atom is -0.349 e. The molecular formula is C15H16ClN3O3S. The van der Waals surface area contributed by atoms with Gasteiger partial charge in [0, 0.05) is 11.2 Å². The van der Waals surface area contributed by atoms with Gasteiger partial charge in [-0.2, -0.15) is 4.72 Å². The van der Waals surface area contributed by atoms with Gasteiger partial charge in [0.25, 0.3) is 0 Å². The third-order valence-electron chi connectivity index (χ3n) is 3.02. The molecule has 1 atom stereocenters. The normalized spacial score (nSPS) is 12.6.